The number of rotatable bonds is 4. The standard InChI is InChI=1S/C6H11F2NO3/c1-6(7,8)2-3(10)4(9)5(11)12/h3-4,10H,2,9H2,1H3,(H,11,12). The highest BCUT2D eigenvalue weighted by atomic mass is 19.3. The number of carbonyl (C=O) groups is 1. The maximum absolute atomic E-state index is 12.2. The summed E-state index contributed by atoms with van der Waals surface area (Å²) < 4.78 is 24.4. The van der Waals surface area contributed by atoms with Gasteiger partial charge in [0.2, 0.25) is 5.92 Å². The molecule has 2 unspecified atom stereocenters. The Labute approximate surface area is 68.0 Å². The van der Waals surface area contributed by atoms with E-state index >= 15 is 0 Å². The summed E-state index contributed by atoms with van der Waals surface area (Å²) in [6, 6.07) is -1.66. The third kappa shape index (κ3) is 4.20. The molecule has 0 aliphatic carbocycles. The Hall–Kier alpha value is -0.750. The molecule has 0 aliphatic heterocycles. The maximum atomic E-state index is 12.2. The van der Waals surface area contributed by atoms with Crippen LogP contribution in [0.3, 0.4) is 0 Å². The van der Waals surface area contributed by atoms with Crippen molar-refractivity contribution in [3.8, 4) is 0 Å². The van der Waals surface area contributed by atoms with Crippen LogP contribution in [0.2, 0.25) is 0 Å². The van der Waals surface area contributed by atoms with Crippen LogP contribution >= 0.6 is 0 Å². The molecule has 0 saturated heterocycles. The minimum atomic E-state index is -3.10. The molecule has 0 amide bonds. The van der Waals surface area contributed by atoms with Gasteiger partial charge < -0.3 is 15.9 Å². The van der Waals surface area contributed by atoms with Gasteiger partial charge in [-0.15, -0.1) is 0 Å². The molecule has 0 aromatic heterocycles. The number of hydrogen-bond acceptors (Lipinski definition) is 3. The Kier molecular flexibility index (Phi) is 3.54. The van der Waals surface area contributed by atoms with Gasteiger partial charge in [-0.05, 0) is 6.92 Å². The average Bonchev–Trinajstić information content (AvgIpc) is 1.82. The molecular weight excluding hydrogens is 172 g/mol. The summed E-state index contributed by atoms with van der Waals surface area (Å²) in [4.78, 5) is 10.1. The minimum absolute atomic E-state index is 0.588. The van der Waals surface area contributed by atoms with E-state index in [1.165, 1.54) is 0 Å². The lowest BCUT2D eigenvalue weighted by molar-refractivity contribution is -0.142. The molecule has 4 nitrogen and oxygen atoms in total. The number of carboxylic acid groups (broad SMARTS) is 1. The highest BCUT2D eigenvalue weighted by Gasteiger charge is 2.31. The van der Waals surface area contributed by atoms with Gasteiger partial charge >= 0.3 is 5.97 Å². The topological polar surface area (TPSA) is 83.5 Å². The van der Waals surface area contributed by atoms with E-state index in [9.17, 15) is 13.6 Å². The molecule has 0 spiro atoms. The number of halogens is 2. The lowest BCUT2D eigenvalue weighted by Gasteiger charge is -2.18. The van der Waals surface area contributed by atoms with Crippen LogP contribution in [0.5, 0.6) is 0 Å². The summed E-state index contributed by atoms with van der Waals surface area (Å²) in [5.74, 6) is -4.60. The molecule has 0 aliphatic rings. The van der Waals surface area contributed by atoms with Gasteiger partial charge in [-0.2, -0.15) is 0 Å². The van der Waals surface area contributed by atoms with Crippen molar-refractivity contribution < 1.29 is 23.8 Å². The molecule has 0 bridgehead atoms. The van der Waals surface area contributed by atoms with E-state index in [2.05, 4.69) is 0 Å². The second kappa shape index (κ2) is 3.77. The fourth-order valence-corrected chi connectivity index (χ4v) is 0.659. The molecule has 6 heteroatoms. The number of aliphatic hydroxyl groups excluding tert-OH is 1. The second-order valence-electron chi connectivity index (χ2n) is 2.71. The van der Waals surface area contributed by atoms with E-state index in [-0.39, 0.29) is 0 Å². The number of nitrogens with two attached hydrogens (primary N) is 1. The molecular formula is C6H11F2NO3. The maximum Gasteiger partial charge on any atom is 0.323 e. The van der Waals surface area contributed by atoms with Crippen LogP contribution in [0.1, 0.15) is 13.3 Å². The molecule has 0 saturated carbocycles. The molecule has 4 N–H and O–H groups in total. The highest BCUT2D eigenvalue weighted by molar-refractivity contribution is 5.73. The fourth-order valence-electron chi connectivity index (χ4n) is 0.659. The van der Waals surface area contributed by atoms with Crippen molar-refractivity contribution in [3.63, 3.8) is 0 Å². The highest BCUT2D eigenvalue weighted by Crippen LogP contribution is 2.19. The lowest BCUT2D eigenvalue weighted by atomic mass is 10.1. The summed E-state index contributed by atoms with van der Waals surface area (Å²) in [5.41, 5.74) is 4.88. The third-order valence-electron chi connectivity index (χ3n) is 1.27. The minimum Gasteiger partial charge on any atom is -0.480 e. The van der Waals surface area contributed by atoms with Gasteiger partial charge in [0.15, 0.2) is 0 Å². The number of aliphatic hydroxyl groups is 1. The van der Waals surface area contributed by atoms with E-state index in [0.29, 0.717) is 6.92 Å². The summed E-state index contributed by atoms with van der Waals surface area (Å²) >= 11 is 0. The molecule has 0 rings (SSSR count). The second-order valence-corrected chi connectivity index (χ2v) is 2.71. The zero-order chi connectivity index (χ0) is 9.94. The van der Waals surface area contributed by atoms with Gasteiger partial charge in [-0.25, -0.2) is 8.78 Å². The first-order chi connectivity index (χ1) is 5.24. The van der Waals surface area contributed by atoms with E-state index in [1.807, 2.05) is 0 Å². The van der Waals surface area contributed by atoms with Crippen LogP contribution < -0.4 is 5.73 Å². The van der Waals surface area contributed by atoms with Crippen molar-refractivity contribution in [1.82, 2.24) is 0 Å². The summed E-state index contributed by atoms with van der Waals surface area (Å²) in [6.07, 6.45) is -2.66. The van der Waals surface area contributed by atoms with Crippen molar-refractivity contribution in [2.75, 3.05) is 0 Å². The van der Waals surface area contributed by atoms with E-state index in [4.69, 9.17) is 15.9 Å². The van der Waals surface area contributed by atoms with Gasteiger partial charge in [0.05, 0.1) is 6.10 Å². The Morgan fingerprint density at radius 2 is 2.08 bits per heavy atom. The van der Waals surface area contributed by atoms with Crippen molar-refractivity contribution in [2.24, 2.45) is 5.73 Å². The monoisotopic (exact) mass is 183 g/mol. The van der Waals surface area contributed by atoms with Crippen LogP contribution in [0.4, 0.5) is 8.78 Å². The largest absolute Gasteiger partial charge is 0.480 e. The summed E-state index contributed by atoms with van der Waals surface area (Å²) in [5, 5.41) is 17.1. The van der Waals surface area contributed by atoms with Crippen LogP contribution in [0.15, 0.2) is 0 Å². The van der Waals surface area contributed by atoms with Crippen LogP contribution in [-0.4, -0.2) is 34.3 Å². The molecule has 72 valence electrons. The quantitative estimate of drug-likeness (QED) is 0.563. The first-order valence-corrected chi connectivity index (χ1v) is 3.28. The zero-order valence-electron chi connectivity index (χ0n) is 6.50. The first-order valence-electron chi connectivity index (χ1n) is 3.28. The molecule has 0 heterocycles. The normalized spacial score (nSPS) is 17.1. The van der Waals surface area contributed by atoms with Crippen molar-refractivity contribution in [1.29, 1.82) is 0 Å². The number of carboxylic acids is 1. The fraction of sp³-hybridized carbons (Fsp3) is 0.833. The third-order valence-corrected chi connectivity index (χ3v) is 1.27. The van der Waals surface area contributed by atoms with Gasteiger partial charge in [-0.1, -0.05) is 0 Å². The van der Waals surface area contributed by atoms with E-state index in [1.54, 1.807) is 0 Å². The summed E-state index contributed by atoms with van der Waals surface area (Å²) in [6.45, 7) is 0.588. The number of hydrogen-bond donors (Lipinski definition) is 3. The van der Waals surface area contributed by atoms with Crippen molar-refractivity contribution in [3.05, 3.63) is 0 Å². The van der Waals surface area contributed by atoms with E-state index < -0.39 is 30.5 Å². The van der Waals surface area contributed by atoms with Gasteiger partial charge in [0.25, 0.3) is 0 Å². The smallest absolute Gasteiger partial charge is 0.323 e. The summed E-state index contributed by atoms with van der Waals surface area (Å²) in [7, 11) is 0. The zero-order valence-corrected chi connectivity index (χ0v) is 6.50. The van der Waals surface area contributed by atoms with Gasteiger partial charge in [0, 0.05) is 6.42 Å². The lowest BCUT2D eigenvalue weighted by Crippen LogP contribution is -2.44. The molecule has 12 heavy (non-hydrogen) atoms. The first kappa shape index (κ1) is 11.2. The van der Waals surface area contributed by atoms with Crippen LogP contribution in [0, 0.1) is 0 Å². The average molecular weight is 183 g/mol. The van der Waals surface area contributed by atoms with Crippen LogP contribution in [0.25, 0.3) is 0 Å². The molecule has 0 aromatic carbocycles. The van der Waals surface area contributed by atoms with Crippen LogP contribution in [-0.2, 0) is 4.79 Å². The Balaban J connectivity index is 4.04. The van der Waals surface area contributed by atoms with Crippen molar-refractivity contribution >= 4 is 5.97 Å². The Bertz CT molecular complexity index is 169. The molecule has 0 fully saturated rings. The molecule has 2 atom stereocenters. The number of alkyl halides is 2. The van der Waals surface area contributed by atoms with Crippen molar-refractivity contribution in [2.45, 2.75) is 31.4 Å². The predicted molar refractivity (Wildman–Crippen MR) is 36.9 cm³/mol. The SMILES string of the molecule is CC(F)(F)CC(O)C(N)C(=O)O. The van der Waals surface area contributed by atoms with Gasteiger partial charge in [0.1, 0.15) is 6.04 Å². The van der Waals surface area contributed by atoms with E-state index in [0.717, 1.165) is 0 Å². The Morgan fingerprint density at radius 1 is 1.67 bits per heavy atom. The Morgan fingerprint density at radius 3 is 2.33 bits per heavy atom. The predicted octanol–water partition coefficient (Wildman–Crippen LogP) is -0.195. The molecule has 0 aromatic rings. The van der Waals surface area contributed by atoms with Gasteiger partial charge in [-0.3, -0.25) is 4.79 Å². The molecule has 0 radical (unpaired) electrons. The number of aliphatic carboxylic acids is 1.